The third kappa shape index (κ3) is 4.67. The van der Waals surface area contributed by atoms with Gasteiger partial charge in [0.2, 0.25) is 0 Å². The second kappa shape index (κ2) is 6.30. The first kappa shape index (κ1) is 9.18. The summed E-state index contributed by atoms with van der Waals surface area (Å²) in [4.78, 5) is 0. The molecule has 1 atom stereocenters. The molecule has 0 bridgehead atoms. The molecule has 3 heteroatoms. The number of halogens is 1. The van der Waals surface area contributed by atoms with E-state index in [4.69, 9.17) is 11.0 Å². The highest BCUT2D eigenvalue weighted by molar-refractivity contribution is 14.1. The van der Waals surface area contributed by atoms with Gasteiger partial charge in [0.1, 0.15) is 0 Å². The zero-order chi connectivity index (χ0) is 7.11. The lowest BCUT2D eigenvalue weighted by Gasteiger charge is -2.05. The van der Waals surface area contributed by atoms with Crippen molar-refractivity contribution in [3.05, 3.63) is 0 Å². The molecule has 2 nitrogen and oxygen atoms in total. The number of hydrogen-bond donors (Lipinski definition) is 1. The second-order valence-electron chi connectivity index (χ2n) is 1.96. The van der Waals surface area contributed by atoms with Gasteiger partial charge in [-0.25, -0.2) is 0 Å². The summed E-state index contributed by atoms with van der Waals surface area (Å²) in [5, 5.41) is 8.30. The van der Waals surface area contributed by atoms with Crippen molar-refractivity contribution < 1.29 is 0 Å². The molecule has 0 spiro atoms. The first-order chi connectivity index (χ1) is 4.35. The van der Waals surface area contributed by atoms with E-state index in [1.807, 2.05) is 0 Å². The lowest BCUT2D eigenvalue weighted by molar-refractivity contribution is 0.571. The third-order valence-corrected chi connectivity index (χ3v) is 2.42. The summed E-state index contributed by atoms with van der Waals surface area (Å²) in [5.74, 6) is 0.514. The van der Waals surface area contributed by atoms with Crippen molar-refractivity contribution in [1.29, 1.82) is 5.26 Å². The molecule has 0 saturated heterocycles. The largest absolute Gasteiger partial charge is 0.330 e. The lowest BCUT2D eigenvalue weighted by atomic mass is 10.1. The predicted octanol–water partition coefficient (Wildman–Crippen LogP) is 1.30. The Bertz CT molecular complexity index is 97.7. The van der Waals surface area contributed by atoms with Crippen molar-refractivity contribution in [2.75, 3.05) is 11.0 Å². The van der Waals surface area contributed by atoms with Gasteiger partial charge in [0.05, 0.1) is 6.07 Å². The SMILES string of the molecule is N#CCC(CI)CCN. The first-order valence-corrected chi connectivity index (χ1v) is 4.50. The van der Waals surface area contributed by atoms with E-state index in [2.05, 4.69) is 28.7 Å². The Kier molecular flexibility index (Phi) is 6.43. The predicted molar refractivity (Wildman–Crippen MR) is 46.3 cm³/mol. The zero-order valence-electron chi connectivity index (χ0n) is 5.31. The van der Waals surface area contributed by atoms with Crippen molar-refractivity contribution in [3.8, 4) is 6.07 Å². The van der Waals surface area contributed by atoms with E-state index in [9.17, 15) is 0 Å². The van der Waals surface area contributed by atoms with Crippen LogP contribution in [0.5, 0.6) is 0 Å². The van der Waals surface area contributed by atoms with E-state index in [1.54, 1.807) is 0 Å². The normalized spacial score (nSPS) is 12.6. The fourth-order valence-electron chi connectivity index (χ4n) is 0.599. The molecule has 0 aliphatic heterocycles. The first-order valence-electron chi connectivity index (χ1n) is 2.98. The van der Waals surface area contributed by atoms with Crippen LogP contribution in [0.1, 0.15) is 12.8 Å². The highest BCUT2D eigenvalue weighted by Crippen LogP contribution is 2.09. The molecule has 0 aromatic carbocycles. The summed E-state index contributed by atoms with van der Waals surface area (Å²) in [6.07, 6.45) is 1.64. The fraction of sp³-hybridized carbons (Fsp3) is 0.833. The molecule has 0 saturated carbocycles. The number of rotatable bonds is 4. The van der Waals surface area contributed by atoms with Gasteiger partial charge in [-0.15, -0.1) is 0 Å². The fourth-order valence-corrected chi connectivity index (χ4v) is 1.35. The summed E-state index contributed by atoms with van der Waals surface area (Å²) >= 11 is 2.29. The van der Waals surface area contributed by atoms with Gasteiger partial charge in [-0.2, -0.15) is 5.26 Å². The smallest absolute Gasteiger partial charge is 0.0624 e. The molecule has 0 rings (SSSR count). The molecule has 0 aromatic heterocycles. The van der Waals surface area contributed by atoms with Crippen LogP contribution in [0.3, 0.4) is 0 Å². The second-order valence-corrected chi connectivity index (χ2v) is 2.84. The quantitative estimate of drug-likeness (QED) is 0.592. The Hall–Kier alpha value is 0.180. The van der Waals surface area contributed by atoms with Gasteiger partial charge in [-0.1, -0.05) is 22.6 Å². The third-order valence-electron chi connectivity index (χ3n) is 1.17. The molecule has 0 heterocycles. The van der Waals surface area contributed by atoms with Crippen LogP contribution in [0.2, 0.25) is 0 Å². The van der Waals surface area contributed by atoms with E-state index in [0.29, 0.717) is 18.9 Å². The maximum absolute atomic E-state index is 8.30. The van der Waals surface area contributed by atoms with Crippen LogP contribution in [0.4, 0.5) is 0 Å². The molecule has 0 amide bonds. The molecule has 0 fully saturated rings. The van der Waals surface area contributed by atoms with Crippen LogP contribution >= 0.6 is 22.6 Å². The lowest BCUT2D eigenvalue weighted by Crippen LogP contribution is -2.08. The number of nitrogens with two attached hydrogens (primary N) is 1. The highest BCUT2D eigenvalue weighted by Gasteiger charge is 2.03. The Labute approximate surface area is 69.6 Å². The van der Waals surface area contributed by atoms with Crippen LogP contribution in [0.15, 0.2) is 0 Å². The van der Waals surface area contributed by atoms with Crippen molar-refractivity contribution in [1.82, 2.24) is 0 Å². The Morgan fingerprint density at radius 2 is 2.33 bits per heavy atom. The highest BCUT2D eigenvalue weighted by atomic mass is 127. The summed E-state index contributed by atoms with van der Waals surface area (Å²) in [6.45, 7) is 0.704. The van der Waals surface area contributed by atoms with Gasteiger partial charge >= 0.3 is 0 Å². The molecule has 2 N–H and O–H groups in total. The van der Waals surface area contributed by atoms with Gasteiger partial charge < -0.3 is 5.73 Å². The summed E-state index contributed by atoms with van der Waals surface area (Å²) < 4.78 is 1.04. The summed E-state index contributed by atoms with van der Waals surface area (Å²) in [6, 6.07) is 2.14. The van der Waals surface area contributed by atoms with Gasteiger partial charge in [0.25, 0.3) is 0 Å². The van der Waals surface area contributed by atoms with Crippen LogP contribution in [-0.2, 0) is 0 Å². The molecule has 52 valence electrons. The van der Waals surface area contributed by atoms with Gasteiger partial charge in [0, 0.05) is 10.8 Å². The standard InChI is InChI=1S/C6H11IN2/c7-5-6(1-3-8)2-4-9/h6H,1-3,5,8H2. The number of nitrogens with zero attached hydrogens (tertiary/aromatic N) is 1. The van der Waals surface area contributed by atoms with E-state index in [0.717, 1.165) is 10.8 Å². The average molecular weight is 238 g/mol. The van der Waals surface area contributed by atoms with Crippen molar-refractivity contribution in [2.45, 2.75) is 12.8 Å². The minimum atomic E-state index is 0.514. The summed E-state index contributed by atoms with van der Waals surface area (Å²) in [5.41, 5.74) is 5.32. The molecule has 0 radical (unpaired) electrons. The van der Waals surface area contributed by atoms with E-state index in [1.165, 1.54) is 0 Å². The number of nitriles is 1. The van der Waals surface area contributed by atoms with Crippen LogP contribution in [0, 0.1) is 17.2 Å². The van der Waals surface area contributed by atoms with Crippen LogP contribution in [0.25, 0.3) is 0 Å². The molecule has 0 aromatic rings. The zero-order valence-corrected chi connectivity index (χ0v) is 7.47. The van der Waals surface area contributed by atoms with E-state index >= 15 is 0 Å². The summed E-state index contributed by atoms with van der Waals surface area (Å²) in [7, 11) is 0. The maximum Gasteiger partial charge on any atom is 0.0624 e. The molecular weight excluding hydrogens is 227 g/mol. The van der Waals surface area contributed by atoms with Crippen LogP contribution < -0.4 is 5.73 Å². The van der Waals surface area contributed by atoms with E-state index in [-0.39, 0.29) is 0 Å². The Balaban J connectivity index is 3.32. The number of alkyl halides is 1. The van der Waals surface area contributed by atoms with Gasteiger partial charge in [-0.3, -0.25) is 0 Å². The molecule has 0 aliphatic rings. The topological polar surface area (TPSA) is 49.8 Å². The van der Waals surface area contributed by atoms with E-state index < -0.39 is 0 Å². The molecule has 9 heavy (non-hydrogen) atoms. The molecule has 0 aliphatic carbocycles. The Morgan fingerprint density at radius 3 is 2.67 bits per heavy atom. The average Bonchev–Trinajstić information content (AvgIpc) is 1.88. The minimum Gasteiger partial charge on any atom is -0.330 e. The maximum atomic E-state index is 8.30. The molecule has 1 unspecified atom stereocenters. The molecular formula is C6H11IN2. The Morgan fingerprint density at radius 1 is 1.67 bits per heavy atom. The van der Waals surface area contributed by atoms with Gasteiger partial charge in [-0.05, 0) is 18.9 Å². The van der Waals surface area contributed by atoms with Crippen molar-refractivity contribution in [2.24, 2.45) is 11.7 Å². The number of hydrogen-bond acceptors (Lipinski definition) is 2. The monoisotopic (exact) mass is 238 g/mol. The van der Waals surface area contributed by atoms with Crippen molar-refractivity contribution >= 4 is 22.6 Å². The van der Waals surface area contributed by atoms with Crippen LogP contribution in [-0.4, -0.2) is 11.0 Å². The minimum absolute atomic E-state index is 0.514. The van der Waals surface area contributed by atoms with Crippen molar-refractivity contribution in [3.63, 3.8) is 0 Å². The van der Waals surface area contributed by atoms with Gasteiger partial charge in [0.15, 0.2) is 0 Å².